The SMILES string of the molecule is CC/C=C\C/C=C\C/C=C\C/C=C\C/C=C\C/C=C\C/C=C\C/C=C\C/C=C\CCCCCCCCCCCCCCCC(=O)NC(COC1OC(CO)C(OC2OC(CO)C(O)C(O)C2O)C(O)C1O)C(O)/C=C/CC/C=C/CCCCCCCCCCCCCCCCCCCCCCCCCCCC. The molecule has 2 aliphatic rings. The highest BCUT2D eigenvalue weighted by Gasteiger charge is 2.51. The highest BCUT2D eigenvalue weighted by atomic mass is 16.7. The molecule has 0 aromatic carbocycles. The van der Waals surface area contributed by atoms with Crippen molar-refractivity contribution in [3.63, 3.8) is 0 Å². The third kappa shape index (κ3) is 56.9. The van der Waals surface area contributed by atoms with Crippen molar-refractivity contribution in [3.05, 3.63) is 134 Å². The van der Waals surface area contributed by atoms with Crippen molar-refractivity contribution in [1.29, 1.82) is 0 Å². The fraction of sp³-hybridized carbons (Fsp3) is 0.753. The molecule has 14 heteroatoms. The number of amides is 1. The summed E-state index contributed by atoms with van der Waals surface area (Å²) in [6.45, 7) is 2.71. The Labute approximate surface area is 653 Å². The number of carbonyl (C=O) groups is 1. The molecule has 0 bridgehead atoms. The number of unbranched alkanes of at least 4 members (excludes halogenated alkanes) is 40. The van der Waals surface area contributed by atoms with E-state index in [-0.39, 0.29) is 18.9 Å². The summed E-state index contributed by atoms with van der Waals surface area (Å²) >= 11 is 0. The predicted molar refractivity (Wildman–Crippen MR) is 447 cm³/mol. The molecule has 2 heterocycles. The maximum atomic E-state index is 13.4. The Balaban J connectivity index is 1.60. The van der Waals surface area contributed by atoms with E-state index in [0.29, 0.717) is 12.8 Å². The summed E-state index contributed by atoms with van der Waals surface area (Å²) in [5.74, 6) is -0.251. The van der Waals surface area contributed by atoms with Crippen molar-refractivity contribution in [2.45, 2.75) is 428 Å². The smallest absolute Gasteiger partial charge is 0.220 e. The lowest BCUT2D eigenvalue weighted by Gasteiger charge is -2.46. The standard InChI is InChI=1S/C93H161NO13/c1-3-5-7-9-11-13-15-17-19-21-23-25-27-29-31-33-35-37-38-39-40-41-42-43-44-45-47-49-51-53-55-57-59-61-63-65-67-69-71-73-75-77-85(98)94-81(80-104-92-90(103)88(101)91(84(79-96)106-92)107-93-89(102)87(100)86(99)83(78-95)105-93)82(97)76-74-72-70-68-66-64-62-60-58-56-54-52-50-48-46-36-34-32-30-28-26-24-22-20-18-16-14-12-10-8-6-4-2/h5,7,11,13,17,19,23,25,29,31,35,37,39-40,42-43,45,47,66,68,74,76,81-84,86-93,95-97,99-103H,3-4,6,8-10,12,14-16,18,20-22,24,26-28,30,32-34,36,38,41,44,46,48-65,67,69-73,75,77-80H2,1-2H3,(H,94,98)/b7-5-,13-11-,19-17-,25-23-,31-29-,37-35-,40-39-,43-42-,47-45-,68-66+,76-74+. The molecule has 12 atom stereocenters. The van der Waals surface area contributed by atoms with Crippen LogP contribution >= 0.6 is 0 Å². The first kappa shape index (κ1) is 99.2. The molecule has 2 aliphatic heterocycles. The molecule has 0 spiro atoms. The second-order valence-corrected chi connectivity index (χ2v) is 30.3. The highest BCUT2D eigenvalue weighted by molar-refractivity contribution is 5.76. The van der Waals surface area contributed by atoms with Crippen LogP contribution in [0.3, 0.4) is 0 Å². The number of allylic oxidation sites excluding steroid dienone is 21. The third-order valence-corrected chi connectivity index (χ3v) is 20.6. The van der Waals surface area contributed by atoms with Crippen LogP contribution in [0.2, 0.25) is 0 Å². The number of hydrogen-bond acceptors (Lipinski definition) is 13. The van der Waals surface area contributed by atoms with Crippen LogP contribution in [0.15, 0.2) is 134 Å². The van der Waals surface area contributed by atoms with E-state index in [1.807, 2.05) is 6.08 Å². The maximum Gasteiger partial charge on any atom is 0.220 e. The molecule has 616 valence electrons. The summed E-state index contributed by atoms with van der Waals surface area (Å²) in [6.07, 6.45) is 95.5. The first-order valence-corrected chi connectivity index (χ1v) is 43.9. The van der Waals surface area contributed by atoms with Crippen LogP contribution in [0.5, 0.6) is 0 Å². The van der Waals surface area contributed by atoms with Gasteiger partial charge in [-0.2, -0.15) is 0 Å². The van der Waals surface area contributed by atoms with Gasteiger partial charge >= 0.3 is 0 Å². The van der Waals surface area contributed by atoms with Gasteiger partial charge in [0.1, 0.15) is 48.8 Å². The van der Waals surface area contributed by atoms with E-state index < -0.39 is 86.8 Å². The minimum atomic E-state index is -1.80. The zero-order chi connectivity index (χ0) is 77.2. The fourth-order valence-corrected chi connectivity index (χ4v) is 13.7. The average Bonchev–Trinajstić information content (AvgIpc) is 0.789. The molecule has 0 aliphatic carbocycles. The Morgan fingerprint density at radius 3 is 1.03 bits per heavy atom. The Hall–Kier alpha value is -3.87. The van der Waals surface area contributed by atoms with Crippen LogP contribution in [-0.2, 0) is 23.7 Å². The van der Waals surface area contributed by atoms with Gasteiger partial charge in [0.25, 0.3) is 0 Å². The highest BCUT2D eigenvalue weighted by Crippen LogP contribution is 2.30. The third-order valence-electron chi connectivity index (χ3n) is 20.6. The van der Waals surface area contributed by atoms with Gasteiger partial charge in [-0.25, -0.2) is 0 Å². The van der Waals surface area contributed by atoms with Crippen LogP contribution in [0.4, 0.5) is 0 Å². The minimum Gasteiger partial charge on any atom is -0.394 e. The van der Waals surface area contributed by atoms with Gasteiger partial charge in [-0.3, -0.25) is 4.79 Å². The Morgan fingerprint density at radius 2 is 0.654 bits per heavy atom. The largest absolute Gasteiger partial charge is 0.394 e. The zero-order valence-corrected chi connectivity index (χ0v) is 67.8. The molecule has 0 radical (unpaired) electrons. The van der Waals surface area contributed by atoms with Crippen LogP contribution in [0.25, 0.3) is 0 Å². The lowest BCUT2D eigenvalue weighted by atomic mass is 9.97. The molecular formula is C93H161NO13. The molecule has 2 fully saturated rings. The van der Waals surface area contributed by atoms with Gasteiger partial charge in [-0.05, 0) is 103 Å². The molecule has 12 unspecified atom stereocenters. The van der Waals surface area contributed by atoms with Gasteiger partial charge < -0.3 is 65.1 Å². The number of rotatable bonds is 73. The summed E-state index contributed by atoms with van der Waals surface area (Å²) in [7, 11) is 0. The van der Waals surface area contributed by atoms with Crippen molar-refractivity contribution in [2.75, 3.05) is 19.8 Å². The van der Waals surface area contributed by atoms with Crippen LogP contribution in [0, 0.1) is 0 Å². The molecule has 1 amide bonds. The summed E-state index contributed by atoms with van der Waals surface area (Å²) in [4.78, 5) is 13.4. The molecule has 107 heavy (non-hydrogen) atoms. The summed E-state index contributed by atoms with van der Waals surface area (Å²) in [5.41, 5.74) is 0. The topological polar surface area (TPSA) is 228 Å². The quantitative estimate of drug-likeness (QED) is 0.0204. The second kappa shape index (κ2) is 74.9. The average molecular weight is 1500 g/mol. The fourth-order valence-electron chi connectivity index (χ4n) is 13.7. The predicted octanol–water partition coefficient (Wildman–Crippen LogP) is 21.3. The van der Waals surface area contributed by atoms with E-state index in [9.17, 15) is 45.6 Å². The Bertz CT molecular complexity index is 2320. The normalized spacial score (nSPS) is 21.9. The first-order valence-electron chi connectivity index (χ1n) is 43.9. The molecule has 14 nitrogen and oxygen atoms in total. The summed E-state index contributed by atoms with van der Waals surface area (Å²) < 4.78 is 22.9. The maximum absolute atomic E-state index is 13.4. The number of aliphatic hydroxyl groups excluding tert-OH is 8. The number of carbonyl (C=O) groups excluding carboxylic acids is 1. The lowest BCUT2D eigenvalue weighted by molar-refractivity contribution is -0.359. The molecule has 2 saturated heterocycles. The molecule has 9 N–H and O–H groups in total. The van der Waals surface area contributed by atoms with E-state index in [1.165, 1.54) is 225 Å². The number of nitrogens with one attached hydrogen (secondary N) is 1. The molecule has 0 aromatic heterocycles. The van der Waals surface area contributed by atoms with Gasteiger partial charge in [-0.1, -0.05) is 379 Å². The van der Waals surface area contributed by atoms with E-state index in [4.69, 9.17) is 18.9 Å². The van der Waals surface area contributed by atoms with Crippen molar-refractivity contribution in [1.82, 2.24) is 5.32 Å². The molecule has 0 saturated carbocycles. The van der Waals surface area contributed by atoms with Crippen LogP contribution in [-0.4, -0.2) is 140 Å². The molecular weight excluding hydrogens is 1340 g/mol. The van der Waals surface area contributed by atoms with Crippen molar-refractivity contribution < 1.29 is 64.6 Å². The zero-order valence-electron chi connectivity index (χ0n) is 67.8. The second-order valence-electron chi connectivity index (χ2n) is 30.3. The van der Waals surface area contributed by atoms with E-state index in [0.717, 1.165) is 96.3 Å². The molecule has 0 aromatic rings. The van der Waals surface area contributed by atoms with E-state index in [2.05, 4.69) is 141 Å². The van der Waals surface area contributed by atoms with Gasteiger partial charge in [-0.15, -0.1) is 0 Å². The van der Waals surface area contributed by atoms with Gasteiger partial charge in [0.05, 0.1) is 32.0 Å². The van der Waals surface area contributed by atoms with Crippen molar-refractivity contribution in [3.8, 4) is 0 Å². The minimum absolute atomic E-state index is 0.251. The Kier molecular flexibility index (Phi) is 69.4. The van der Waals surface area contributed by atoms with Gasteiger partial charge in [0.2, 0.25) is 5.91 Å². The number of aliphatic hydroxyl groups is 8. The number of ether oxygens (including phenoxy) is 4. The Morgan fingerprint density at radius 1 is 0.346 bits per heavy atom. The van der Waals surface area contributed by atoms with E-state index >= 15 is 0 Å². The van der Waals surface area contributed by atoms with Crippen molar-refractivity contribution >= 4 is 5.91 Å². The first-order chi connectivity index (χ1) is 52.6. The monoisotopic (exact) mass is 1500 g/mol. The van der Waals surface area contributed by atoms with Gasteiger partial charge in [0.15, 0.2) is 12.6 Å². The van der Waals surface area contributed by atoms with Crippen LogP contribution < -0.4 is 5.32 Å². The van der Waals surface area contributed by atoms with Gasteiger partial charge in [0, 0.05) is 6.42 Å². The lowest BCUT2D eigenvalue weighted by Crippen LogP contribution is -2.65. The van der Waals surface area contributed by atoms with E-state index in [1.54, 1.807) is 6.08 Å². The summed E-state index contributed by atoms with van der Waals surface area (Å²) in [6, 6.07) is -0.943. The van der Waals surface area contributed by atoms with Crippen LogP contribution in [0.1, 0.15) is 354 Å². The van der Waals surface area contributed by atoms with Crippen molar-refractivity contribution in [2.24, 2.45) is 0 Å². The molecule has 2 rings (SSSR count). The summed E-state index contributed by atoms with van der Waals surface area (Å²) in [5, 5.41) is 87.8. The number of hydrogen-bond donors (Lipinski definition) is 9.